The third-order valence-electron chi connectivity index (χ3n) is 4.82. The normalized spacial score (nSPS) is 32.7. The Morgan fingerprint density at radius 3 is 2.24 bits per heavy atom. The first-order valence-electron chi connectivity index (χ1n) is 7.61. The molecule has 0 unspecified atom stereocenters. The second-order valence-corrected chi connectivity index (χ2v) is 6.25. The molecule has 0 spiro atoms. The molecule has 0 aromatic rings. The van der Waals surface area contributed by atoms with Gasteiger partial charge in [-0.05, 0) is 49.0 Å². The Morgan fingerprint density at radius 1 is 1.00 bits per heavy atom. The lowest BCUT2D eigenvalue weighted by Crippen LogP contribution is -2.16. The number of allylic oxidation sites excluding steroid dienone is 1. The summed E-state index contributed by atoms with van der Waals surface area (Å²) in [6.45, 7) is 2.67. The van der Waals surface area contributed by atoms with Gasteiger partial charge in [-0.2, -0.15) is 0 Å². The molecular formula is C16H28O. The highest BCUT2D eigenvalue weighted by molar-refractivity contribution is 5.10. The van der Waals surface area contributed by atoms with E-state index in [-0.39, 0.29) is 0 Å². The summed E-state index contributed by atoms with van der Waals surface area (Å²) in [5.41, 5.74) is 1.37. The first-order valence-corrected chi connectivity index (χ1v) is 7.61. The number of aliphatic hydroxyl groups excluding tert-OH is 1. The molecule has 0 radical (unpaired) electrons. The molecule has 1 N–H and O–H groups in total. The lowest BCUT2D eigenvalue weighted by molar-refractivity contribution is 0.284. The molecule has 1 heteroatoms. The standard InChI is InChI=1S/C16H28O/c1-13-7-9-14(10-8-13)11-16(12-17)15-5-3-2-4-6-15/h11,13-15,17H,2-10,12H2,1H3/b16-11-. The Hall–Kier alpha value is -0.300. The molecule has 17 heavy (non-hydrogen) atoms. The second kappa shape index (κ2) is 6.58. The summed E-state index contributed by atoms with van der Waals surface area (Å²) in [6, 6.07) is 0. The Morgan fingerprint density at radius 2 is 1.65 bits per heavy atom. The van der Waals surface area contributed by atoms with Crippen LogP contribution in [0.3, 0.4) is 0 Å². The zero-order chi connectivity index (χ0) is 12.1. The quantitative estimate of drug-likeness (QED) is 0.724. The first-order chi connectivity index (χ1) is 8.29. The summed E-state index contributed by atoms with van der Waals surface area (Å²) in [6.07, 6.45) is 14.7. The molecule has 0 aliphatic heterocycles. The minimum Gasteiger partial charge on any atom is -0.392 e. The molecule has 0 heterocycles. The maximum absolute atomic E-state index is 9.59. The van der Waals surface area contributed by atoms with Gasteiger partial charge in [0, 0.05) is 0 Å². The topological polar surface area (TPSA) is 20.2 Å². The van der Waals surface area contributed by atoms with Crippen LogP contribution in [0, 0.1) is 17.8 Å². The maximum atomic E-state index is 9.59. The third kappa shape index (κ3) is 3.84. The molecular weight excluding hydrogens is 208 g/mol. The molecule has 98 valence electrons. The van der Waals surface area contributed by atoms with Crippen LogP contribution in [0.2, 0.25) is 0 Å². The van der Waals surface area contributed by atoms with Gasteiger partial charge in [0.05, 0.1) is 6.61 Å². The highest BCUT2D eigenvalue weighted by Crippen LogP contribution is 2.34. The van der Waals surface area contributed by atoms with Crippen molar-refractivity contribution in [3.05, 3.63) is 11.6 Å². The Bertz CT molecular complexity index is 242. The van der Waals surface area contributed by atoms with E-state index in [1.165, 1.54) is 63.4 Å². The van der Waals surface area contributed by atoms with Gasteiger partial charge in [-0.3, -0.25) is 0 Å². The van der Waals surface area contributed by atoms with Crippen LogP contribution >= 0.6 is 0 Å². The smallest absolute Gasteiger partial charge is 0.0644 e. The summed E-state index contributed by atoms with van der Waals surface area (Å²) >= 11 is 0. The van der Waals surface area contributed by atoms with Crippen LogP contribution in [-0.4, -0.2) is 11.7 Å². The Balaban J connectivity index is 1.91. The van der Waals surface area contributed by atoms with Gasteiger partial charge in [0.15, 0.2) is 0 Å². The van der Waals surface area contributed by atoms with Crippen molar-refractivity contribution in [1.82, 2.24) is 0 Å². The van der Waals surface area contributed by atoms with Gasteiger partial charge in [-0.1, -0.05) is 45.1 Å². The minimum absolute atomic E-state index is 0.302. The molecule has 0 atom stereocenters. The van der Waals surface area contributed by atoms with Gasteiger partial charge in [0.1, 0.15) is 0 Å². The van der Waals surface area contributed by atoms with E-state index in [1.54, 1.807) is 0 Å². The summed E-state index contributed by atoms with van der Waals surface area (Å²) in [7, 11) is 0. The van der Waals surface area contributed by atoms with Crippen molar-refractivity contribution in [2.24, 2.45) is 17.8 Å². The van der Waals surface area contributed by atoms with Crippen LogP contribution in [0.4, 0.5) is 0 Å². The van der Waals surface area contributed by atoms with E-state index in [9.17, 15) is 5.11 Å². The first kappa shape index (κ1) is 13.1. The summed E-state index contributed by atoms with van der Waals surface area (Å²) in [4.78, 5) is 0. The van der Waals surface area contributed by atoms with Crippen molar-refractivity contribution in [3.63, 3.8) is 0 Å². The number of aliphatic hydroxyl groups is 1. The molecule has 0 amide bonds. The van der Waals surface area contributed by atoms with Crippen LogP contribution in [0.5, 0.6) is 0 Å². The van der Waals surface area contributed by atoms with E-state index in [0.29, 0.717) is 12.5 Å². The van der Waals surface area contributed by atoms with Gasteiger partial charge in [-0.25, -0.2) is 0 Å². The Labute approximate surface area is 106 Å². The average molecular weight is 236 g/mol. The highest BCUT2D eigenvalue weighted by atomic mass is 16.3. The monoisotopic (exact) mass is 236 g/mol. The van der Waals surface area contributed by atoms with E-state index >= 15 is 0 Å². The fraction of sp³-hybridized carbons (Fsp3) is 0.875. The predicted molar refractivity (Wildman–Crippen MR) is 72.9 cm³/mol. The van der Waals surface area contributed by atoms with Gasteiger partial charge in [-0.15, -0.1) is 0 Å². The lowest BCUT2D eigenvalue weighted by atomic mass is 9.78. The van der Waals surface area contributed by atoms with E-state index < -0.39 is 0 Å². The summed E-state index contributed by atoms with van der Waals surface area (Å²) in [5, 5.41) is 9.59. The zero-order valence-electron chi connectivity index (χ0n) is 11.3. The van der Waals surface area contributed by atoms with Crippen LogP contribution in [0.25, 0.3) is 0 Å². The van der Waals surface area contributed by atoms with Gasteiger partial charge in [0.2, 0.25) is 0 Å². The van der Waals surface area contributed by atoms with E-state index in [1.807, 2.05) is 0 Å². The van der Waals surface area contributed by atoms with Gasteiger partial charge >= 0.3 is 0 Å². The van der Waals surface area contributed by atoms with E-state index in [2.05, 4.69) is 13.0 Å². The average Bonchev–Trinajstić information content (AvgIpc) is 2.39. The summed E-state index contributed by atoms with van der Waals surface area (Å²) in [5.74, 6) is 2.38. The van der Waals surface area contributed by atoms with Crippen molar-refractivity contribution < 1.29 is 5.11 Å². The van der Waals surface area contributed by atoms with Gasteiger partial charge in [0.25, 0.3) is 0 Å². The molecule has 0 aromatic carbocycles. The number of hydrogen-bond donors (Lipinski definition) is 1. The van der Waals surface area contributed by atoms with Crippen molar-refractivity contribution >= 4 is 0 Å². The highest BCUT2D eigenvalue weighted by Gasteiger charge is 2.21. The molecule has 0 saturated heterocycles. The number of hydrogen-bond acceptors (Lipinski definition) is 1. The van der Waals surface area contributed by atoms with Crippen molar-refractivity contribution in [2.45, 2.75) is 64.7 Å². The van der Waals surface area contributed by atoms with Crippen LogP contribution in [0.15, 0.2) is 11.6 Å². The molecule has 2 fully saturated rings. The molecule has 2 aliphatic carbocycles. The minimum atomic E-state index is 0.302. The van der Waals surface area contributed by atoms with Crippen molar-refractivity contribution in [2.75, 3.05) is 6.61 Å². The van der Waals surface area contributed by atoms with Gasteiger partial charge < -0.3 is 5.11 Å². The van der Waals surface area contributed by atoms with E-state index in [4.69, 9.17) is 0 Å². The zero-order valence-corrected chi connectivity index (χ0v) is 11.3. The van der Waals surface area contributed by atoms with Crippen molar-refractivity contribution in [3.8, 4) is 0 Å². The third-order valence-corrected chi connectivity index (χ3v) is 4.82. The number of rotatable bonds is 3. The molecule has 2 rings (SSSR count). The molecule has 1 nitrogen and oxygen atoms in total. The molecule has 0 bridgehead atoms. The van der Waals surface area contributed by atoms with E-state index in [0.717, 1.165) is 11.8 Å². The fourth-order valence-electron chi connectivity index (χ4n) is 3.55. The predicted octanol–water partition coefficient (Wildman–Crippen LogP) is 4.31. The fourth-order valence-corrected chi connectivity index (χ4v) is 3.55. The second-order valence-electron chi connectivity index (χ2n) is 6.25. The molecule has 0 aromatic heterocycles. The maximum Gasteiger partial charge on any atom is 0.0644 e. The van der Waals surface area contributed by atoms with Crippen molar-refractivity contribution in [1.29, 1.82) is 0 Å². The SMILES string of the molecule is CC1CCC(/C=C(/CO)C2CCCCC2)CC1. The summed E-state index contributed by atoms with van der Waals surface area (Å²) < 4.78 is 0. The molecule has 2 aliphatic rings. The van der Waals surface area contributed by atoms with Crippen LogP contribution in [-0.2, 0) is 0 Å². The lowest BCUT2D eigenvalue weighted by Gasteiger charge is -2.28. The van der Waals surface area contributed by atoms with Crippen LogP contribution < -0.4 is 0 Å². The molecule has 2 saturated carbocycles. The Kier molecular flexibility index (Phi) is 5.09. The largest absolute Gasteiger partial charge is 0.392 e. The van der Waals surface area contributed by atoms with Crippen LogP contribution in [0.1, 0.15) is 64.7 Å².